The maximum absolute atomic E-state index is 12.8. The zero-order valence-electron chi connectivity index (χ0n) is 10.0. The van der Waals surface area contributed by atoms with Gasteiger partial charge in [-0.3, -0.25) is 4.79 Å². The number of halogens is 3. The first-order chi connectivity index (χ1) is 8.88. The fourth-order valence-corrected chi connectivity index (χ4v) is 1.92. The number of carbonyl (C=O) groups excluding carboxylic acids is 1. The lowest BCUT2D eigenvalue weighted by molar-refractivity contribution is -0.137. The molecule has 1 aliphatic heterocycles. The Balaban J connectivity index is 2.41. The number of rotatable bonds is 2. The average molecular weight is 274 g/mol. The van der Waals surface area contributed by atoms with Crippen LogP contribution in [0.5, 0.6) is 0 Å². The second-order valence-corrected chi connectivity index (χ2v) is 4.23. The second-order valence-electron chi connectivity index (χ2n) is 4.23. The molecule has 0 aromatic heterocycles. The summed E-state index contributed by atoms with van der Waals surface area (Å²) in [6.07, 6.45) is -4.51. The van der Waals surface area contributed by atoms with E-state index in [0.717, 1.165) is 12.1 Å². The lowest BCUT2D eigenvalue weighted by Crippen LogP contribution is -2.36. The molecular weight excluding hydrogens is 261 g/mol. The smallest absolute Gasteiger partial charge is 0.378 e. The minimum Gasteiger partial charge on any atom is -0.378 e. The molecule has 0 radical (unpaired) electrons. The zero-order chi connectivity index (χ0) is 14.0. The number of ether oxygens (including phenoxy) is 1. The van der Waals surface area contributed by atoms with E-state index in [1.54, 1.807) is 4.90 Å². The van der Waals surface area contributed by atoms with Crippen LogP contribution in [0.25, 0.3) is 0 Å². The normalized spacial score (nSPS) is 16.5. The number of nitrogens with zero attached hydrogens (tertiary/aromatic N) is 1. The highest BCUT2D eigenvalue weighted by Crippen LogP contribution is 2.33. The Morgan fingerprint density at radius 3 is 2.37 bits per heavy atom. The standard InChI is InChI=1S/C12H13F3N2O2/c13-12(14,15)9-5-8(11(16)18)6-10(7-9)17-1-3-19-4-2-17/h5-7H,1-4H2,(H2,16,18). The minimum atomic E-state index is -4.51. The van der Waals surface area contributed by atoms with Crippen molar-refractivity contribution in [2.24, 2.45) is 5.73 Å². The fourth-order valence-electron chi connectivity index (χ4n) is 1.92. The Morgan fingerprint density at radius 2 is 1.84 bits per heavy atom. The number of alkyl halides is 3. The van der Waals surface area contributed by atoms with Gasteiger partial charge in [-0.1, -0.05) is 0 Å². The van der Waals surface area contributed by atoms with Gasteiger partial charge in [0.25, 0.3) is 0 Å². The molecule has 1 saturated heterocycles. The van der Waals surface area contributed by atoms with Crippen molar-refractivity contribution in [2.45, 2.75) is 6.18 Å². The van der Waals surface area contributed by atoms with Gasteiger partial charge in [-0.2, -0.15) is 13.2 Å². The van der Waals surface area contributed by atoms with E-state index in [-0.39, 0.29) is 5.56 Å². The number of benzene rings is 1. The number of nitrogens with two attached hydrogens (primary N) is 1. The van der Waals surface area contributed by atoms with E-state index < -0.39 is 17.6 Å². The first kappa shape index (κ1) is 13.7. The van der Waals surface area contributed by atoms with Crippen molar-refractivity contribution >= 4 is 11.6 Å². The van der Waals surface area contributed by atoms with Crippen molar-refractivity contribution < 1.29 is 22.7 Å². The Bertz CT molecular complexity index is 482. The lowest BCUT2D eigenvalue weighted by atomic mass is 10.1. The first-order valence-electron chi connectivity index (χ1n) is 5.73. The van der Waals surface area contributed by atoms with Crippen molar-refractivity contribution in [1.82, 2.24) is 0 Å². The van der Waals surface area contributed by atoms with Crippen LogP contribution < -0.4 is 10.6 Å². The van der Waals surface area contributed by atoms with Crippen LogP contribution in [0, 0.1) is 0 Å². The van der Waals surface area contributed by atoms with Crippen LogP contribution >= 0.6 is 0 Å². The minimum absolute atomic E-state index is 0.142. The van der Waals surface area contributed by atoms with E-state index in [1.807, 2.05) is 0 Å². The number of primary amides is 1. The highest BCUT2D eigenvalue weighted by atomic mass is 19.4. The molecule has 1 aromatic carbocycles. The number of amides is 1. The molecular formula is C12H13F3N2O2. The molecule has 0 aliphatic carbocycles. The van der Waals surface area contributed by atoms with E-state index >= 15 is 0 Å². The Morgan fingerprint density at radius 1 is 1.21 bits per heavy atom. The maximum Gasteiger partial charge on any atom is 0.416 e. The molecule has 0 saturated carbocycles. The SMILES string of the molecule is NC(=O)c1cc(N2CCOCC2)cc(C(F)(F)F)c1. The van der Waals surface area contributed by atoms with Crippen molar-refractivity contribution in [3.63, 3.8) is 0 Å². The Hall–Kier alpha value is -1.76. The van der Waals surface area contributed by atoms with Gasteiger partial charge in [-0.05, 0) is 18.2 Å². The summed E-state index contributed by atoms with van der Waals surface area (Å²) in [5.74, 6) is -0.874. The van der Waals surface area contributed by atoms with Crippen LogP contribution in [0.1, 0.15) is 15.9 Å². The van der Waals surface area contributed by atoms with E-state index in [9.17, 15) is 18.0 Å². The van der Waals surface area contributed by atoms with Crippen LogP contribution in [-0.2, 0) is 10.9 Å². The van der Waals surface area contributed by atoms with Gasteiger partial charge in [0.1, 0.15) is 0 Å². The van der Waals surface area contributed by atoms with Crippen molar-refractivity contribution in [3.8, 4) is 0 Å². The summed E-state index contributed by atoms with van der Waals surface area (Å²) >= 11 is 0. The van der Waals surface area contributed by atoms with Gasteiger partial charge >= 0.3 is 6.18 Å². The summed E-state index contributed by atoms with van der Waals surface area (Å²) in [4.78, 5) is 12.9. The zero-order valence-corrected chi connectivity index (χ0v) is 10.0. The van der Waals surface area contributed by atoms with Crippen LogP contribution in [0.3, 0.4) is 0 Å². The number of carbonyl (C=O) groups is 1. The highest BCUT2D eigenvalue weighted by Gasteiger charge is 2.32. The molecule has 1 fully saturated rings. The third-order valence-corrected chi connectivity index (χ3v) is 2.91. The summed E-state index contributed by atoms with van der Waals surface area (Å²) < 4.78 is 43.5. The van der Waals surface area contributed by atoms with E-state index in [0.29, 0.717) is 32.0 Å². The monoisotopic (exact) mass is 274 g/mol. The van der Waals surface area contributed by atoms with Gasteiger partial charge in [0, 0.05) is 24.3 Å². The third kappa shape index (κ3) is 3.17. The summed E-state index contributed by atoms with van der Waals surface area (Å²) in [7, 11) is 0. The van der Waals surface area contributed by atoms with Crippen LogP contribution in [-0.4, -0.2) is 32.2 Å². The molecule has 1 aliphatic rings. The van der Waals surface area contributed by atoms with E-state index in [2.05, 4.69) is 0 Å². The van der Waals surface area contributed by atoms with Crippen LogP contribution in [0.15, 0.2) is 18.2 Å². The van der Waals surface area contributed by atoms with E-state index in [1.165, 1.54) is 6.07 Å². The van der Waals surface area contributed by atoms with Gasteiger partial charge in [-0.15, -0.1) is 0 Å². The number of anilines is 1. The predicted octanol–water partition coefficient (Wildman–Crippen LogP) is 1.64. The number of hydrogen-bond acceptors (Lipinski definition) is 3. The van der Waals surface area contributed by atoms with Gasteiger partial charge in [0.05, 0.1) is 18.8 Å². The average Bonchev–Trinajstić information content (AvgIpc) is 2.38. The molecule has 1 aromatic rings. The fraction of sp³-hybridized carbons (Fsp3) is 0.417. The third-order valence-electron chi connectivity index (χ3n) is 2.91. The van der Waals surface area contributed by atoms with Crippen LogP contribution in [0.4, 0.5) is 18.9 Å². The quantitative estimate of drug-likeness (QED) is 0.892. The second kappa shape index (κ2) is 5.08. The van der Waals surface area contributed by atoms with Crippen molar-refractivity contribution in [1.29, 1.82) is 0 Å². The van der Waals surface area contributed by atoms with Gasteiger partial charge in [0.2, 0.25) is 5.91 Å². The summed E-state index contributed by atoms with van der Waals surface area (Å²) in [5, 5.41) is 0. The van der Waals surface area contributed by atoms with E-state index in [4.69, 9.17) is 10.5 Å². The Kier molecular flexibility index (Phi) is 3.66. The van der Waals surface area contributed by atoms with Gasteiger partial charge in [-0.25, -0.2) is 0 Å². The molecule has 1 heterocycles. The lowest BCUT2D eigenvalue weighted by Gasteiger charge is -2.29. The molecule has 19 heavy (non-hydrogen) atoms. The summed E-state index contributed by atoms with van der Waals surface area (Å²) in [6, 6.07) is 3.17. The van der Waals surface area contributed by atoms with Gasteiger partial charge in [0.15, 0.2) is 0 Å². The number of hydrogen-bond donors (Lipinski definition) is 1. The molecule has 104 valence electrons. The summed E-state index contributed by atoms with van der Waals surface area (Å²) in [5.41, 5.74) is 4.40. The molecule has 4 nitrogen and oxygen atoms in total. The van der Waals surface area contributed by atoms with Crippen molar-refractivity contribution in [3.05, 3.63) is 29.3 Å². The predicted molar refractivity (Wildman–Crippen MR) is 63.0 cm³/mol. The molecule has 1 amide bonds. The summed E-state index contributed by atoms with van der Waals surface area (Å²) in [6.45, 7) is 1.86. The topological polar surface area (TPSA) is 55.6 Å². The molecule has 0 spiro atoms. The molecule has 0 bridgehead atoms. The maximum atomic E-state index is 12.8. The molecule has 7 heteroatoms. The molecule has 0 atom stereocenters. The molecule has 2 N–H and O–H groups in total. The largest absolute Gasteiger partial charge is 0.416 e. The Labute approximate surface area is 107 Å². The first-order valence-corrected chi connectivity index (χ1v) is 5.73. The molecule has 2 rings (SSSR count). The van der Waals surface area contributed by atoms with Crippen LogP contribution in [0.2, 0.25) is 0 Å². The van der Waals surface area contributed by atoms with Gasteiger partial charge < -0.3 is 15.4 Å². The highest BCUT2D eigenvalue weighted by molar-refractivity contribution is 5.94. The number of morpholine rings is 1. The molecule has 0 unspecified atom stereocenters. The van der Waals surface area contributed by atoms with Crippen molar-refractivity contribution in [2.75, 3.05) is 31.2 Å².